The molecule has 1 heterocycles. The molecule has 0 spiro atoms. The van der Waals surface area contributed by atoms with E-state index in [0.29, 0.717) is 44.3 Å². The van der Waals surface area contributed by atoms with Gasteiger partial charge in [0.1, 0.15) is 46.0 Å². The minimum absolute atomic E-state index is 0.0274. The summed E-state index contributed by atoms with van der Waals surface area (Å²) in [5, 5.41) is 0. The molecule has 1 unspecified atom stereocenters. The molecule has 1 aliphatic heterocycles. The number of sulfone groups is 1. The van der Waals surface area contributed by atoms with Crippen molar-refractivity contribution in [2.24, 2.45) is 0 Å². The van der Waals surface area contributed by atoms with Crippen LogP contribution in [0.5, 0.6) is 23.0 Å². The van der Waals surface area contributed by atoms with Crippen molar-refractivity contribution < 1.29 is 36.9 Å². The van der Waals surface area contributed by atoms with Crippen LogP contribution in [0, 0.1) is 13.8 Å². The zero-order valence-corrected chi connectivity index (χ0v) is 27.5. The summed E-state index contributed by atoms with van der Waals surface area (Å²) in [6.45, 7) is 5.60. The lowest BCUT2D eigenvalue weighted by molar-refractivity contribution is -0.141. The Labute approximate surface area is 271 Å². The second kappa shape index (κ2) is 14.7. The molecule has 4 aromatic carbocycles. The maximum atomic E-state index is 11.8. The monoisotopic (exact) mass is 644 g/mol. The predicted octanol–water partition coefficient (Wildman–Crippen LogP) is 6.98. The highest BCUT2D eigenvalue weighted by Gasteiger charge is 2.27. The van der Waals surface area contributed by atoms with Gasteiger partial charge in [0.25, 0.3) is 0 Å². The van der Waals surface area contributed by atoms with Gasteiger partial charge in [0.05, 0.1) is 32.5 Å². The highest BCUT2D eigenvalue weighted by molar-refractivity contribution is 7.90. The Morgan fingerprint density at radius 1 is 0.848 bits per heavy atom. The maximum absolute atomic E-state index is 11.8. The molecule has 4 aromatic rings. The van der Waals surface area contributed by atoms with Gasteiger partial charge in [0.15, 0.2) is 0 Å². The fourth-order valence-electron chi connectivity index (χ4n) is 5.66. The molecule has 0 fully saturated rings. The first-order valence-electron chi connectivity index (χ1n) is 15.3. The third kappa shape index (κ3) is 8.60. The van der Waals surface area contributed by atoms with Crippen molar-refractivity contribution in [3.63, 3.8) is 0 Å². The molecule has 0 saturated carbocycles. The first kappa shape index (κ1) is 32.9. The van der Waals surface area contributed by atoms with Crippen LogP contribution in [0.3, 0.4) is 0 Å². The number of carbonyl (C=O) groups is 1. The zero-order chi connectivity index (χ0) is 32.7. The maximum Gasteiger partial charge on any atom is 0.306 e. The van der Waals surface area contributed by atoms with Crippen molar-refractivity contribution in [3.05, 3.63) is 107 Å². The van der Waals surface area contributed by atoms with Crippen LogP contribution in [0.25, 0.3) is 11.1 Å². The zero-order valence-electron chi connectivity index (χ0n) is 26.7. The number of benzene rings is 4. The van der Waals surface area contributed by atoms with Gasteiger partial charge in [-0.3, -0.25) is 4.79 Å². The van der Waals surface area contributed by atoms with Crippen LogP contribution >= 0.6 is 0 Å². The summed E-state index contributed by atoms with van der Waals surface area (Å²) < 4.78 is 51.9. The Morgan fingerprint density at radius 3 is 2.30 bits per heavy atom. The second-order valence-electron chi connectivity index (χ2n) is 11.6. The predicted molar refractivity (Wildman–Crippen MR) is 178 cm³/mol. The molecule has 8 nitrogen and oxygen atoms in total. The van der Waals surface area contributed by atoms with Gasteiger partial charge in [0, 0.05) is 23.8 Å². The number of hydrogen-bond donors (Lipinski definition) is 0. The van der Waals surface area contributed by atoms with Gasteiger partial charge in [-0.2, -0.15) is 0 Å². The van der Waals surface area contributed by atoms with E-state index in [1.165, 1.54) is 13.4 Å². The number of ether oxygens (including phenoxy) is 5. The van der Waals surface area contributed by atoms with E-state index in [1.807, 2.05) is 66.7 Å². The molecule has 1 atom stereocenters. The largest absolute Gasteiger partial charge is 0.494 e. The molecule has 0 saturated heterocycles. The highest BCUT2D eigenvalue weighted by atomic mass is 32.2. The summed E-state index contributed by atoms with van der Waals surface area (Å²) in [5.41, 5.74) is 7.20. The smallest absolute Gasteiger partial charge is 0.306 e. The lowest BCUT2D eigenvalue weighted by Crippen LogP contribution is -2.09. The van der Waals surface area contributed by atoms with Crippen LogP contribution in [-0.2, 0) is 32.6 Å². The lowest BCUT2D eigenvalue weighted by Gasteiger charge is -2.19. The summed E-state index contributed by atoms with van der Waals surface area (Å²) in [5.74, 6) is 2.72. The Morgan fingerprint density at radius 2 is 1.59 bits per heavy atom. The molecule has 0 N–H and O–H groups in total. The minimum Gasteiger partial charge on any atom is -0.494 e. The normalized spacial score (nSPS) is 13.9. The molecule has 0 aromatic heterocycles. The number of aryl methyl sites for hydroxylation is 2. The van der Waals surface area contributed by atoms with E-state index in [0.717, 1.165) is 50.4 Å². The van der Waals surface area contributed by atoms with Crippen molar-refractivity contribution in [3.8, 4) is 34.1 Å². The molecule has 1 aliphatic rings. The van der Waals surface area contributed by atoms with Gasteiger partial charge in [-0.25, -0.2) is 8.42 Å². The summed E-state index contributed by atoms with van der Waals surface area (Å²) >= 11 is 0. The van der Waals surface area contributed by atoms with Crippen LogP contribution in [-0.4, -0.2) is 46.7 Å². The van der Waals surface area contributed by atoms with E-state index in [4.69, 9.17) is 23.7 Å². The standard InChI is InChI=1S/C37H40O8S/c1-25-17-32(42-15-8-16-46(4,39)40)18-26(2)37(25)34-19-27(11-12-28(34)23-44-30-9-6-5-7-10-30)22-43-31-13-14-33-29(20-36(38)41-3)24-45-35(33)21-31/h5-7,9-14,17-19,21,29H,8,15-16,20,22-24H2,1-4H3. The van der Waals surface area contributed by atoms with Crippen molar-refractivity contribution >= 4 is 15.8 Å². The number of methoxy groups -OCH3 is 1. The van der Waals surface area contributed by atoms with Crippen LogP contribution < -0.4 is 18.9 Å². The van der Waals surface area contributed by atoms with Gasteiger partial charge >= 0.3 is 5.97 Å². The van der Waals surface area contributed by atoms with E-state index in [1.54, 1.807) is 0 Å². The molecular weight excluding hydrogens is 604 g/mol. The van der Waals surface area contributed by atoms with Crippen LogP contribution in [0.1, 0.15) is 46.6 Å². The Balaban J connectivity index is 1.36. The van der Waals surface area contributed by atoms with Gasteiger partial charge in [-0.1, -0.05) is 36.4 Å². The minimum atomic E-state index is -3.03. The van der Waals surface area contributed by atoms with Gasteiger partial charge in [-0.05, 0) is 90.0 Å². The number of carbonyl (C=O) groups excluding carboxylic acids is 1. The number of rotatable bonds is 14. The molecule has 0 radical (unpaired) electrons. The quantitative estimate of drug-likeness (QED) is 0.107. The summed E-state index contributed by atoms with van der Waals surface area (Å²) in [6, 6.07) is 25.7. The molecule has 242 valence electrons. The van der Waals surface area contributed by atoms with Crippen LogP contribution in [0.15, 0.2) is 78.9 Å². The molecular formula is C37H40O8S. The van der Waals surface area contributed by atoms with Gasteiger partial charge < -0.3 is 23.7 Å². The molecule has 46 heavy (non-hydrogen) atoms. The average Bonchev–Trinajstić information content (AvgIpc) is 3.42. The highest BCUT2D eigenvalue weighted by Crippen LogP contribution is 2.39. The average molecular weight is 645 g/mol. The first-order chi connectivity index (χ1) is 22.1. The van der Waals surface area contributed by atoms with E-state index >= 15 is 0 Å². The first-order valence-corrected chi connectivity index (χ1v) is 17.3. The van der Waals surface area contributed by atoms with E-state index < -0.39 is 9.84 Å². The topological polar surface area (TPSA) is 97.4 Å². The molecule has 0 amide bonds. The van der Waals surface area contributed by atoms with Crippen LogP contribution in [0.2, 0.25) is 0 Å². The van der Waals surface area contributed by atoms with Gasteiger partial charge in [0.2, 0.25) is 0 Å². The molecule has 0 bridgehead atoms. The van der Waals surface area contributed by atoms with Crippen LogP contribution in [0.4, 0.5) is 0 Å². The van der Waals surface area contributed by atoms with Gasteiger partial charge in [-0.15, -0.1) is 0 Å². The van der Waals surface area contributed by atoms with E-state index in [2.05, 4.69) is 26.0 Å². The third-order valence-electron chi connectivity index (χ3n) is 7.93. The van der Waals surface area contributed by atoms with Crippen molar-refractivity contribution in [1.82, 2.24) is 0 Å². The SMILES string of the molecule is COC(=O)CC1COc2cc(OCc3ccc(COc4ccccc4)c(-c4c(C)cc(OCCCS(C)(=O)=O)cc4C)c3)ccc21. The summed E-state index contributed by atoms with van der Waals surface area (Å²) in [4.78, 5) is 11.8. The summed E-state index contributed by atoms with van der Waals surface area (Å²) in [6.07, 6.45) is 1.95. The molecule has 0 aliphatic carbocycles. The fourth-order valence-corrected chi connectivity index (χ4v) is 6.30. The number of fused-ring (bicyclic) bond motifs is 1. The second-order valence-corrected chi connectivity index (χ2v) is 13.9. The Hall–Kier alpha value is -4.50. The van der Waals surface area contributed by atoms with Crippen molar-refractivity contribution in [2.75, 3.05) is 32.3 Å². The molecule has 5 rings (SSSR count). The van der Waals surface area contributed by atoms with E-state index in [9.17, 15) is 13.2 Å². The fraction of sp³-hybridized carbons (Fsp3) is 0.324. The van der Waals surface area contributed by atoms with E-state index in [-0.39, 0.29) is 24.1 Å². The number of para-hydroxylation sites is 1. The molecule has 9 heteroatoms. The summed E-state index contributed by atoms with van der Waals surface area (Å²) in [7, 11) is -1.64. The Kier molecular flexibility index (Phi) is 10.5. The van der Waals surface area contributed by atoms with Crippen molar-refractivity contribution in [1.29, 1.82) is 0 Å². The van der Waals surface area contributed by atoms with Crippen molar-refractivity contribution in [2.45, 2.75) is 45.8 Å². The third-order valence-corrected chi connectivity index (χ3v) is 8.96. The number of esters is 1. The Bertz CT molecular complexity index is 1760. The number of hydrogen-bond acceptors (Lipinski definition) is 8. The lowest BCUT2D eigenvalue weighted by atomic mass is 9.91.